The molecule has 4 aliphatic rings. The average Bonchev–Trinajstić information content (AvgIpc) is 3.54. The maximum absolute atomic E-state index is 12.3. The predicted molar refractivity (Wildman–Crippen MR) is 334 cm³/mol. The summed E-state index contributed by atoms with van der Waals surface area (Å²) in [6.45, 7) is 23.0. The highest BCUT2D eigenvalue weighted by atomic mass is 32.2. The molecule has 0 spiro atoms. The van der Waals surface area contributed by atoms with Gasteiger partial charge in [-0.05, 0) is 248 Å². The van der Waals surface area contributed by atoms with E-state index in [9.17, 15) is 29.3 Å². The Morgan fingerprint density at radius 1 is 0.488 bits per heavy atom. The van der Waals surface area contributed by atoms with E-state index in [-0.39, 0.29) is 29.3 Å². The van der Waals surface area contributed by atoms with Gasteiger partial charge < -0.3 is 45.6 Å². The van der Waals surface area contributed by atoms with Crippen LogP contribution >= 0.6 is 11.8 Å². The van der Waals surface area contributed by atoms with Crippen LogP contribution in [0.15, 0.2) is 89.8 Å². The number of benzene rings is 4. The number of hydrogen-bond donors (Lipinski definition) is 4. The van der Waals surface area contributed by atoms with E-state index in [1.54, 1.807) is 24.9 Å². The molecule has 4 aromatic carbocycles. The first-order valence-electron chi connectivity index (χ1n) is 30.5. The minimum atomic E-state index is -0.472. The molecule has 8 rings (SSSR count). The van der Waals surface area contributed by atoms with Gasteiger partial charge in [0.15, 0.2) is 0 Å². The number of thioether (sulfide) groups is 1. The molecular weight excluding hydrogens is 1050 g/mol. The summed E-state index contributed by atoms with van der Waals surface area (Å²) < 4.78 is 5.12. The molecule has 82 heavy (non-hydrogen) atoms. The number of rotatable bonds is 23. The highest BCUT2D eigenvalue weighted by Gasteiger charge is 2.16. The van der Waals surface area contributed by atoms with Gasteiger partial charge in [0.25, 0.3) is 29.3 Å². The number of ether oxygens (including phenoxy) is 1. The Labute approximate surface area is 494 Å². The quantitative estimate of drug-likeness (QED) is 0.0239. The monoisotopic (exact) mass is 1150 g/mol. The molecule has 450 valence electrons. The van der Waals surface area contributed by atoms with Crippen LogP contribution in [-0.4, -0.2) is 166 Å². The zero-order valence-corrected chi connectivity index (χ0v) is 51.0. The molecule has 4 heterocycles. The third-order valence-corrected chi connectivity index (χ3v) is 16.2. The Hall–Kier alpha value is -5.85. The van der Waals surface area contributed by atoms with Gasteiger partial charge in [0.2, 0.25) is 0 Å². The first kappa shape index (κ1) is 66.9. The number of hydrogen-bond acceptors (Lipinski definition) is 12. The first-order chi connectivity index (χ1) is 39.8. The van der Waals surface area contributed by atoms with E-state index in [1.807, 2.05) is 62.6 Å². The van der Waals surface area contributed by atoms with E-state index in [2.05, 4.69) is 59.9 Å². The van der Waals surface area contributed by atoms with E-state index in [0.717, 1.165) is 107 Å². The molecule has 0 aliphatic carbocycles. The van der Waals surface area contributed by atoms with Crippen LogP contribution in [0.25, 0.3) is 0 Å². The van der Waals surface area contributed by atoms with Gasteiger partial charge in [-0.1, -0.05) is 49.4 Å². The van der Waals surface area contributed by atoms with Crippen LogP contribution in [0.5, 0.6) is 5.75 Å². The molecule has 16 nitrogen and oxygen atoms in total. The minimum absolute atomic E-state index is 0.00310. The SMILES string of the molecule is COc1cccc(C(=O)NCCCN2CCCCC2)c1.CSc1ccc(C(=O)NCCCN2CCCCC2)cc1.Cc1cc(C)c(C(=O)NCCCN2CCCCC2)c(C)c1.O=C(NCCCN1CCCCC1)c1ccc([N+](=O)[O-])cc1. The van der Waals surface area contributed by atoms with Crippen molar-refractivity contribution in [2.45, 2.75) is 128 Å². The molecular formula is C65H97N9O7S. The van der Waals surface area contributed by atoms with Gasteiger partial charge >= 0.3 is 0 Å². The van der Waals surface area contributed by atoms with Crippen LogP contribution < -0.4 is 26.0 Å². The Kier molecular flexibility index (Phi) is 31.7. The summed E-state index contributed by atoms with van der Waals surface area (Å²) in [5.74, 6) is 0.622. The van der Waals surface area contributed by atoms with Gasteiger partial charge in [-0.2, -0.15) is 0 Å². The highest BCUT2D eigenvalue weighted by molar-refractivity contribution is 7.98. The molecule has 4 fully saturated rings. The minimum Gasteiger partial charge on any atom is -0.497 e. The fourth-order valence-electron chi connectivity index (χ4n) is 10.9. The summed E-state index contributed by atoms with van der Waals surface area (Å²) >= 11 is 1.69. The second kappa shape index (κ2) is 38.8. The summed E-state index contributed by atoms with van der Waals surface area (Å²) in [6.07, 6.45) is 22.0. The fraction of sp³-hybridized carbons (Fsp3) is 0.569. The standard InChI is InChI=1S/C18H28N2O.C16H24N2O2.C16H24N2OS.C15H21N3O3/c1-14-12-15(2)17(16(3)13-14)18(21)19-8-7-11-20-9-5-4-6-10-20;1-20-15-8-5-7-14(13-15)16(19)17-9-6-12-18-10-3-2-4-11-18;1-20-15-8-6-14(7-9-15)16(19)17-10-5-13-18-11-3-2-4-12-18;19-15(13-5-7-14(8-6-13)18(20)21)16-9-4-12-17-10-2-1-3-11-17/h12-13H,4-11H2,1-3H3,(H,19,21);5,7-8,13H,2-4,6,9-12H2,1H3,(H,17,19);6-9H,2-5,10-13H2,1H3,(H,17,19);5-8H,1-4,9-12H2,(H,16,19). The maximum atomic E-state index is 12.3. The maximum Gasteiger partial charge on any atom is 0.269 e. The number of nitro benzene ring substituents is 1. The van der Waals surface area contributed by atoms with E-state index < -0.39 is 4.92 Å². The molecule has 0 saturated carbocycles. The van der Waals surface area contributed by atoms with Crippen molar-refractivity contribution in [3.8, 4) is 5.75 Å². The molecule has 4 amide bonds. The van der Waals surface area contributed by atoms with Crippen molar-refractivity contribution in [1.29, 1.82) is 0 Å². The van der Waals surface area contributed by atoms with E-state index in [1.165, 1.54) is 151 Å². The summed E-state index contributed by atoms with van der Waals surface area (Å²) in [4.78, 5) is 69.3. The molecule has 4 aliphatic heterocycles. The van der Waals surface area contributed by atoms with Crippen molar-refractivity contribution in [3.05, 3.63) is 134 Å². The lowest BCUT2D eigenvalue weighted by Crippen LogP contribution is -2.33. The number of nitrogens with one attached hydrogen (secondary N) is 4. The Morgan fingerprint density at radius 3 is 1.20 bits per heavy atom. The molecule has 17 heteroatoms. The molecule has 0 bridgehead atoms. The van der Waals surface area contributed by atoms with Gasteiger partial charge in [-0.25, -0.2) is 0 Å². The zero-order valence-electron chi connectivity index (χ0n) is 50.2. The number of nitrogens with zero attached hydrogens (tertiary/aromatic N) is 5. The number of piperidine rings is 4. The molecule has 0 aromatic heterocycles. The lowest BCUT2D eigenvalue weighted by molar-refractivity contribution is -0.384. The van der Waals surface area contributed by atoms with E-state index >= 15 is 0 Å². The van der Waals surface area contributed by atoms with Gasteiger partial charge in [0.1, 0.15) is 5.75 Å². The predicted octanol–water partition coefficient (Wildman–Crippen LogP) is 10.7. The molecule has 4 saturated heterocycles. The van der Waals surface area contributed by atoms with Gasteiger partial charge in [0.05, 0.1) is 12.0 Å². The van der Waals surface area contributed by atoms with Gasteiger partial charge in [0, 0.05) is 65.5 Å². The lowest BCUT2D eigenvalue weighted by atomic mass is 9.99. The third kappa shape index (κ3) is 25.7. The molecule has 4 N–H and O–H groups in total. The van der Waals surface area contributed by atoms with Crippen molar-refractivity contribution in [2.24, 2.45) is 0 Å². The zero-order chi connectivity index (χ0) is 58.7. The van der Waals surface area contributed by atoms with E-state index in [4.69, 9.17) is 4.74 Å². The van der Waals surface area contributed by atoms with Gasteiger partial charge in [-0.3, -0.25) is 29.3 Å². The molecule has 0 radical (unpaired) electrons. The van der Waals surface area contributed by atoms with E-state index in [0.29, 0.717) is 23.4 Å². The number of likely N-dealkylation sites (tertiary alicyclic amines) is 4. The number of non-ortho nitro benzene ring substituents is 1. The normalized spacial score (nSPS) is 15.9. The van der Waals surface area contributed by atoms with Crippen molar-refractivity contribution in [3.63, 3.8) is 0 Å². The lowest BCUT2D eigenvalue weighted by Gasteiger charge is -2.26. The van der Waals surface area contributed by atoms with Crippen LogP contribution in [-0.2, 0) is 0 Å². The van der Waals surface area contributed by atoms with Crippen molar-refractivity contribution >= 4 is 41.1 Å². The Bertz CT molecular complexity index is 2480. The van der Waals surface area contributed by atoms with Crippen LogP contribution in [0.4, 0.5) is 5.69 Å². The van der Waals surface area contributed by atoms with Crippen LogP contribution in [0.3, 0.4) is 0 Å². The fourth-order valence-corrected chi connectivity index (χ4v) is 11.3. The molecule has 0 atom stereocenters. The third-order valence-electron chi connectivity index (χ3n) is 15.5. The summed E-state index contributed by atoms with van der Waals surface area (Å²) in [7, 11) is 1.61. The average molecular weight is 1150 g/mol. The summed E-state index contributed by atoms with van der Waals surface area (Å²) in [5.41, 5.74) is 6.06. The number of aryl methyl sites for hydroxylation is 3. The molecule has 4 aromatic rings. The second-order valence-electron chi connectivity index (χ2n) is 22.1. The van der Waals surface area contributed by atoms with Gasteiger partial charge in [-0.15, -0.1) is 11.8 Å². The van der Waals surface area contributed by atoms with Crippen molar-refractivity contribution in [2.75, 3.05) is 118 Å². The van der Waals surface area contributed by atoms with Crippen LogP contribution in [0.2, 0.25) is 0 Å². The first-order valence-corrected chi connectivity index (χ1v) is 31.7. The highest BCUT2D eigenvalue weighted by Crippen LogP contribution is 2.19. The smallest absolute Gasteiger partial charge is 0.269 e. The Morgan fingerprint density at radius 2 is 0.841 bits per heavy atom. The van der Waals surface area contributed by atoms with Crippen molar-refractivity contribution < 1.29 is 28.8 Å². The van der Waals surface area contributed by atoms with Crippen LogP contribution in [0.1, 0.15) is 161 Å². The number of carbonyl (C=O) groups is 4. The Balaban J connectivity index is 0.000000200. The number of carbonyl (C=O) groups excluding carboxylic acids is 4. The number of nitro groups is 1. The topological polar surface area (TPSA) is 182 Å². The second-order valence-corrected chi connectivity index (χ2v) is 23.0. The number of methoxy groups -OCH3 is 1. The summed E-state index contributed by atoms with van der Waals surface area (Å²) in [6, 6.07) is 24.8. The molecule has 0 unspecified atom stereocenters. The number of amides is 4. The van der Waals surface area contributed by atoms with Crippen molar-refractivity contribution in [1.82, 2.24) is 40.9 Å². The van der Waals surface area contributed by atoms with Crippen LogP contribution in [0, 0.1) is 30.9 Å². The summed E-state index contributed by atoms with van der Waals surface area (Å²) in [5, 5.41) is 22.4. The largest absolute Gasteiger partial charge is 0.497 e.